The van der Waals surface area contributed by atoms with E-state index in [-0.39, 0.29) is 0 Å². The van der Waals surface area contributed by atoms with Crippen LogP contribution in [-0.4, -0.2) is 12.0 Å². The van der Waals surface area contributed by atoms with E-state index < -0.39 is 0 Å². The maximum atomic E-state index is 5.27. The lowest BCUT2D eigenvalue weighted by atomic mass is 11.0. The van der Waals surface area contributed by atoms with Crippen LogP contribution < -0.4 is 5.32 Å². The van der Waals surface area contributed by atoms with Gasteiger partial charge in [0.25, 0.3) is 0 Å². The van der Waals surface area contributed by atoms with E-state index in [1.165, 1.54) is 0 Å². The van der Waals surface area contributed by atoms with Crippen molar-refractivity contribution in [2.45, 2.75) is 5.50 Å². The van der Waals surface area contributed by atoms with Crippen LogP contribution in [0.5, 0.6) is 0 Å². The third kappa shape index (κ3) is 0.333. The molecule has 1 aliphatic heterocycles. The lowest BCUT2D eigenvalue weighted by molar-refractivity contribution is 1.30. The van der Waals surface area contributed by atoms with Gasteiger partial charge in [0.15, 0.2) is 0 Å². The third-order valence-electron chi connectivity index (χ3n) is 0.358. The summed E-state index contributed by atoms with van der Waals surface area (Å²) in [6.45, 7) is 1.00. The Kier molecular flexibility index (Phi) is 0.371. The van der Waals surface area contributed by atoms with Crippen LogP contribution in [0.4, 0.5) is 0 Å². The van der Waals surface area contributed by atoms with E-state index >= 15 is 0 Å². The second-order valence-corrected chi connectivity index (χ2v) is 1.40. The molecule has 0 aromatic rings. The Hall–Kier alpha value is 0.250. The van der Waals surface area contributed by atoms with Gasteiger partial charge in [0.1, 0.15) is 0 Å². The Bertz CT molecular complexity index is 25.2. The molecule has 0 aromatic carbocycles. The molecule has 4 heavy (non-hydrogen) atoms. The molecule has 0 saturated carbocycles. The number of rotatable bonds is 0. The van der Waals surface area contributed by atoms with E-state index in [4.69, 9.17) is 11.6 Å². The van der Waals surface area contributed by atoms with Crippen molar-refractivity contribution in [2.24, 2.45) is 0 Å². The van der Waals surface area contributed by atoms with Crippen molar-refractivity contribution in [1.29, 1.82) is 0 Å². The standard InChI is InChI=1S/C2H4ClN/c3-2-1-4-2/h2,4H,1H2. The van der Waals surface area contributed by atoms with E-state index in [1.807, 2.05) is 0 Å². The highest BCUT2D eigenvalue weighted by Crippen LogP contribution is 1.98. The van der Waals surface area contributed by atoms with E-state index in [0.29, 0.717) is 5.50 Å². The molecule has 2 heteroatoms. The fraction of sp³-hybridized carbons (Fsp3) is 1.00. The van der Waals surface area contributed by atoms with Crippen LogP contribution in [0.25, 0.3) is 0 Å². The summed E-state index contributed by atoms with van der Waals surface area (Å²) in [6.07, 6.45) is 0. The molecule has 1 N–H and O–H groups in total. The summed E-state index contributed by atoms with van der Waals surface area (Å²) in [5, 5.41) is 2.86. The van der Waals surface area contributed by atoms with Gasteiger partial charge in [-0.1, -0.05) is 0 Å². The second kappa shape index (κ2) is 0.597. The molecule has 1 fully saturated rings. The number of nitrogens with one attached hydrogen (secondary N) is 1. The van der Waals surface area contributed by atoms with E-state index in [9.17, 15) is 0 Å². The van der Waals surface area contributed by atoms with Crippen LogP contribution in [0.15, 0.2) is 0 Å². The molecule has 0 aromatic heterocycles. The van der Waals surface area contributed by atoms with Crippen molar-refractivity contribution in [2.75, 3.05) is 6.54 Å². The fourth-order valence-corrected chi connectivity index (χ4v) is 0.134. The molecule has 1 nitrogen and oxygen atoms in total. The van der Waals surface area contributed by atoms with Gasteiger partial charge < -0.3 is 0 Å². The van der Waals surface area contributed by atoms with Crippen molar-refractivity contribution >= 4 is 11.6 Å². The van der Waals surface area contributed by atoms with Crippen molar-refractivity contribution in [3.63, 3.8) is 0 Å². The van der Waals surface area contributed by atoms with E-state index in [1.54, 1.807) is 0 Å². The van der Waals surface area contributed by atoms with Gasteiger partial charge in [0, 0.05) is 6.54 Å². The zero-order chi connectivity index (χ0) is 2.99. The van der Waals surface area contributed by atoms with E-state index in [0.717, 1.165) is 6.54 Å². The van der Waals surface area contributed by atoms with Crippen molar-refractivity contribution in [3.8, 4) is 0 Å². The Balaban J connectivity index is 2.17. The monoisotopic (exact) mass is 77.0 g/mol. The first-order valence-corrected chi connectivity index (χ1v) is 1.71. The largest absolute Gasteiger partial charge is 0.297 e. The maximum absolute atomic E-state index is 5.27. The summed E-state index contributed by atoms with van der Waals surface area (Å²) in [6, 6.07) is 0. The van der Waals surface area contributed by atoms with Gasteiger partial charge in [0.2, 0.25) is 0 Å². The molecule has 1 unspecified atom stereocenters. The van der Waals surface area contributed by atoms with Crippen LogP contribution in [0.2, 0.25) is 0 Å². The summed E-state index contributed by atoms with van der Waals surface area (Å²) in [4.78, 5) is 0. The lowest BCUT2D eigenvalue weighted by Crippen LogP contribution is -1.67. The van der Waals surface area contributed by atoms with Crippen LogP contribution in [-0.2, 0) is 0 Å². The minimum absolute atomic E-state index is 0.306. The summed E-state index contributed by atoms with van der Waals surface area (Å²) >= 11 is 5.27. The van der Waals surface area contributed by atoms with Crippen molar-refractivity contribution in [3.05, 3.63) is 0 Å². The van der Waals surface area contributed by atoms with Crippen LogP contribution in [0.1, 0.15) is 0 Å². The molecule has 1 rings (SSSR count). The lowest BCUT2D eigenvalue weighted by Gasteiger charge is -1.50. The molecule has 1 saturated heterocycles. The summed E-state index contributed by atoms with van der Waals surface area (Å²) in [5.74, 6) is 0. The topological polar surface area (TPSA) is 21.9 Å². The van der Waals surface area contributed by atoms with Gasteiger partial charge in [-0.3, -0.25) is 5.32 Å². The normalized spacial score (nSPS) is 39.8. The van der Waals surface area contributed by atoms with Crippen molar-refractivity contribution < 1.29 is 0 Å². The Morgan fingerprint density at radius 2 is 2.25 bits per heavy atom. The first kappa shape index (κ1) is 2.49. The van der Waals surface area contributed by atoms with Crippen molar-refractivity contribution in [1.82, 2.24) is 5.32 Å². The molecule has 1 atom stereocenters. The Morgan fingerprint density at radius 3 is 2.25 bits per heavy atom. The second-order valence-electron chi connectivity index (χ2n) is 0.876. The minimum atomic E-state index is 0.306. The first-order chi connectivity index (χ1) is 1.89. The SMILES string of the molecule is ClC1CN1. The highest BCUT2D eigenvalue weighted by atomic mass is 35.5. The molecular formula is C2H4ClN. The smallest absolute Gasteiger partial charge is 0.0953 e. The molecule has 0 aliphatic carbocycles. The quantitative estimate of drug-likeness (QED) is 0.248. The molecule has 1 aliphatic rings. The van der Waals surface area contributed by atoms with Gasteiger partial charge >= 0.3 is 0 Å². The number of halogens is 1. The molecule has 24 valence electrons. The number of hydrogen-bond acceptors (Lipinski definition) is 1. The Labute approximate surface area is 30.0 Å². The van der Waals surface area contributed by atoms with Gasteiger partial charge in [-0.15, -0.1) is 11.6 Å². The van der Waals surface area contributed by atoms with Crippen LogP contribution in [0, 0.1) is 0 Å². The first-order valence-electron chi connectivity index (χ1n) is 1.27. The van der Waals surface area contributed by atoms with Gasteiger partial charge in [0.05, 0.1) is 5.50 Å². The average Bonchev–Trinajstić information content (AvgIpc) is 1.75. The molecule has 0 amide bonds. The van der Waals surface area contributed by atoms with Gasteiger partial charge in [-0.25, -0.2) is 0 Å². The molecule has 0 radical (unpaired) electrons. The summed E-state index contributed by atoms with van der Waals surface area (Å²) in [7, 11) is 0. The highest BCUT2D eigenvalue weighted by molar-refractivity contribution is 6.22. The molecule has 0 spiro atoms. The predicted octanol–water partition coefficient (Wildman–Crippen LogP) is 0.155. The molecule has 1 heterocycles. The Morgan fingerprint density at radius 1 is 2.00 bits per heavy atom. The summed E-state index contributed by atoms with van der Waals surface area (Å²) < 4.78 is 0. The molecular weight excluding hydrogens is 73.5 g/mol. The zero-order valence-electron chi connectivity index (χ0n) is 2.16. The number of hydrogen-bond donors (Lipinski definition) is 1. The zero-order valence-corrected chi connectivity index (χ0v) is 2.92. The van der Waals surface area contributed by atoms with Crippen LogP contribution >= 0.6 is 11.6 Å². The number of alkyl halides is 1. The third-order valence-corrected chi connectivity index (χ3v) is 0.667. The van der Waals surface area contributed by atoms with Gasteiger partial charge in [-0.2, -0.15) is 0 Å². The average molecular weight is 77.5 g/mol. The highest BCUT2D eigenvalue weighted by Gasteiger charge is 2.13. The summed E-state index contributed by atoms with van der Waals surface area (Å²) in [5.41, 5.74) is 0.306. The minimum Gasteiger partial charge on any atom is -0.297 e. The fourth-order valence-electron chi connectivity index (χ4n) is 0.0445. The van der Waals surface area contributed by atoms with Gasteiger partial charge in [-0.05, 0) is 0 Å². The van der Waals surface area contributed by atoms with E-state index in [2.05, 4.69) is 5.32 Å². The predicted molar refractivity (Wildman–Crippen MR) is 17.6 cm³/mol. The van der Waals surface area contributed by atoms with Crippen LogP contribution in [0.3, 0.4) is 0 Å². The maximum Gasteiger partial charge on any atom is 0.0953 e. The molecule has 0 bridgehead atoms.